The van der Waals surface area contributed by atoms with E-state index in [1.807, 2.05) is 25.2 Å². The fourth-order valence-corrected chi connectivity index (χ4v) is 3.16. The summed E-state index contributed by atoms with van der Waals surface area (Å²) in [5, 5.41) is 6.34. The van der Waals surface area contributed by atoms with Crippen LogP contribution in [0.25, 0.3) is 0 Å². The first-order valence-electron chi connectivity index (χ1n) is 7.38. The molecule has 0 bridgehead atoms. The standard InChI is InChI=1S/C17H22ClN3S/c1-19-17(21(2)12-10-15-7-5-13-22-15)20-11-9-14-6-3-4-8-16(14)18/h3-8,13H,9-12H2,1-2H3,(H,19,20). The molecule has 118 valence electrons. The molecule has 0 fully saturated rings. The fourth-order valence-electron chi connectivity index (χ4n) is 2.23. The Hall–Kier alpha value is -1.52. The van der Waals surface area contributed by atoms with Crippen LogP contribution in [0.4, 0.5) is 0 Å². The van der Waals surface area contributed by atoms with Crippen LogP contribution in [-0.2, 0) is 12.8 Å². The maximum absolute atomic E-state index is 6.18. The van der Waals surface area contributed by atoms with Crippen molar-refractivity contribution in [3.05, 3.63) is 57.2 Å². The zero-order valence-electron chi connectivity index (χ0n) is 13.1. The van der Waals surface area contributed by atoms with Crippen LogP contribution in [0, 0.1) is 0 Å². The van der Waals surface area contributed by atoms with Gasteiger partial charge in [0.25, 0.3) is 0 Å². The summed E-state index contributed by atoms with van der Waals surface area (Å²) in [6, 6.07) is 12.2. The van der Waals surface area contributed by atoms with Crippen molar-refractivity contribution in [2.24, 2.45) is 4.99 Å². The maximum atomic E-state index is 6.18. The van der Waals surface area contributed by atoms with Gasteiger partial charge in [-0.05, 0) is 35.9 Å². The molecule has 2 aromatic rings. The lowest BCUT2D eigenvalue weighted by Gasteiger charge is -2.22. The summed E-state index contributed by atoms with van der Waals surface area (Å²) in [6.45, 7) is 1.77. The van der Waals surface area contributed by atoms with Crippen LogP contribution in [0.15, 0.2) is 46.8 Å². The Morgan fingerprint density at radius 1 is 1.23 bits per heavy atom. The second-order valence-corrected chi connectivity index (χ2v) is 6.51. The van der Waals surface area contributed by atoms with E-state index in [-0.39, 0.29) is 0 Å². The molecule has 22 heavy (non-hydrogen) atoms. The summed E-state index contributed by atoms with van der Waals surface area (Å²) in [7, 11) is 3.89. The number of benzene rings is 1. The van der Waals surface area contributed by atoms with Crippen LogP contribution < -0.4 is 5.32 Å². The van der Waals surface area contributed by atoms with Gasteiger partial charge in [-0.15, -0.1) is 11.3 Å². The van der Waals surface area contributed by atoms with Crippen LogP contribution in [0.1, 0.15) is 10.4 Å². The maximum Gasteiger partial charge on any atom is 0.193 e. The third-order valence-electron chi connectivity index (χ3n) is 3.48. The van der Waals surface area contributed by atoms with Gasteiger partial charge in [0.1, 0.15) is 0 Å². The molecule has 0 saturated heterocycles. The van der Waals surface area contributed by atoms with Gasteiger partial charge in [-0.25, -0.2) is 0 Å². The number of thiophene rings is 1. The van der Waals surface area contributed by atoms with Crippen molar-refractivity contribution < 1.29 is 0 Å². The molecule has 1 heterocycles. The topological polar surface area (TPSA) is 27.6 Å². The lowest BCUT2D eigenvalue weighted by atomic mass is 10.1. The number of guanidine groups is 1. The van der Waals surface area contributed by atoms with Gasteiger partial charge in [-0.1, -0.05) is 35.9 Å². The van der Waals surface area contributed by atoms with E-state index >= 15 is 0 Å². The van der Waals surface area contributed by atoms with Crippen molar-refractivity contribution in [2.75, 3.05) is 27.2 Å². The highest BCUT2D eigenvalue weighted by atomic mass is 35.5. The van der Waals surface area contributed by atoms with Crippen molar-refractivity contribution >= 4 is 28.9 Å². The molecule has 0 saturated carbocycles. The van der Waals surface area contributed by atoms with E-state index in [1.54, 1.807) is 11.3 Å². The minimum absolute atomic E-state index is 0.819. The first-order chi connectivity index (χ1) is 10.7. The predicted octanol–water partition coefficient (Wildman–Crippen LogP) is 3.69. The van der Waals surface area contributed by atoms with E-state index < -0.39 is 0 Å². The summed E-state index contributed by atoms with van der Waals surface area (Å²) >= 11 is 7.97. The van der Waals surface area contributed by atoms with Crippen molar-refractivity contribution in [3.63, 3.8) is 0 Å². The lowest BCUT2D eigenvalue weighted by molar-refractivity contribution is 0.487. The Morgan fingerprint density at radius 2 is 2.05 bits per heavy atom. The van der Waals surface area contributed by atoms with Crippen LogP contribution in [0.3, 0.4) is 0 Å². The molecule has 1 aromatic heterocycles. The molecule has 0 amide bonds. The van der Waals surface area contributed by atoms with Crippen LogP contribution in [0.2, 0.25) is 5.02 Å². The number of nitrogens with zero attached hydrogens (tertiary/aromatic N) is 2. The molecular formula is C17H22ClN3S. The average Bonchev–Trinajstić information content (AvgIpc) is 3.04. The van der Waals surface area contributed by atoms with E-state index in [4.69, 9.17) is 11.6 Å². The fraction of sp³-hybridized carbons (Fsp3) is 0.353. The van der Waals surface area contributed by atoms with Gasteiger partial charge in [0.2, 0.25) is 0 Å². The number of hydrogen-bond donors (Lipinski definition) is 1. The quantitative estimate of drug-likeness (QED) is 0.644. The van der Waals surface area contributed by atoms with E-state index in [0.29, 0.717) is 0 Å². The minimum Gasteiger partial charge on any atom is -0.356 e. The highest BCUT2D eigenvalue weighted by Crippen LogP contribution is 2.14. The second-order valence-electron chi connectivity index (χ2n) is 5.07. The molecule has 0 spiro atoms. The number of rotatable bonds is 6. The van der Waals surface area contributed by atoms with E-state index in [9.17, 15) is 0 Å². The number of hydrogen-bond acceptors (Lipinski definition) is 2. The van der Waals surface area contributed by atoms with Crippen LogP contribution in [0.5, 0.6) is 0 Å². The molecular weight excluding hydrogens is 314 g/mol. The Kier molecular flexibility index (Phi) is 6.74. The molecule has 2 rings (SSSR count). The van der Waals surface area contributed by atoms with Gasteiger partial charge in [0.05, 0.1) is 0 Å². The van der Waals surface area contributed by atoms with Crippen molar-refractivity contribution in [1.29, 1.82) is 0 Å². The molecule has 3 nitrogen and oxygen atoms in total. The molecule has 0 aliphatic carbocycles. The Balaban J connectivity index is 1.78. The van der Waals surface area contributed by atoms with Gasteiger partial charge in [-0.3, -0.25) is 4.99 Å². The summed E-state index contributed by atoms with van der Waals surface area (Å²) in [5.41, 5.74) is 1.16. The van der Waals surface area contributed by atoms with Gasteiger partial charge in [0.15, 0.2) is 5.96 Å². The summed E-state index contributed by atoms with van der Waals surface area (Å²) < 4.78 is 0. The first-order valence-corrected chi connectivity index (χ1v) is 8.64. The van der Waals surface area contributed by atoms with Crippen molar-refractivity contribution in [2.45, 2.75) is 12.8 Å². The van der Waals surface area contributed by atoms with Gasteiger partial charge >= 0.3 is 0 Å². The zero-order valence-corrected chi connectivity index (χ0v) is 14.6. The Morgan fingerprint density at radius 3 is 2.73 bits per heavy atom. The Labute approximate surface area is 141 Å². The summed E-state index contributed by atoms with van der Waals surface area (Å²) in [5.74, 6) is 0.920. The summed E-state index contributed by atoms with van der Waals surface area (Å²) in [4.78, 5) is 7.90. The van der Waals surface area contributed by atoms with Gasteiger partial charge in [0, 0.05) is 37.1 Å². The molecule has 0 aliphatic rings. The lowest BCUT2D eigenvalue weighted by Crippen LogP contribution is -2.40. The van der Waals surface area contributed by atoms with E-state index in [1.165, 1.54) is 4.88 Å². The number of likely N-dealkylation sites (N-methyl/N-ethyl adjacent to an activating group) is 1. The number of halogens is 1. The van der Waals surface area contributed by atoms with Crippen molar-refractivity contribution in [1.82, 2.24) is 10.2 Å². The molecule has 1 N–H and O–H groups in total. The van der Waals surface area contributed by atoms with E-state index in [0.717, 1.165) is 42.5 Å². The average molecular weight is 336 g/mol. The smallest absolute Gasteiger partial charge is 0.193 e. The third kappa shape index (κ3) is 5.04. The third-order valence-corrected chi connectivity index (χ3v) is 4.79. The Bertz CT molecular complexity index is 596. The monoisotopic (exact) mass is 335 g/mol. The van der Waals surface area contributed by atoms with Crippen LogP contribution >= 0.6 is 22.9 Å². The molecule has 0 radical (unpaired) electrons. The predicted molar refractivity (Wildman–Crippen MR) is 97.2 cm³/mol. The molecule has 1 aromatic carbocycles. The summed E-state index contributed by atoms with van der Waals surface area (Å²) in [6.07, 6.45) is 1.93. The van der Waals surface area contributed by atoms with Crippen LogP contribution in [-0.4, -0.2) is 38.0 Å². The normalized spacial score (nSPS) is 11.5. The minimum atomic E-state index is 0.819. The molecule has 5 heteroatoms. The SMILES string of the molecule is CN=C(NCCc1ccccc1Cl)N(C)CCc1cccs1. The number of nitrogens with one attached hydrogen (secondary N) is 1. The van der Waals surface area contributed by atoms with Gasteiger partial charge < -0.3 is 10.2 Å². The largest absolute Gasteiger partial charge is 0.356 e. The molecule has 0 atom stereocenters. The van der Waals surface area contributed by atoms with E-state index in [2.05, 4.69) is 45.8 Å². The highest BCUT2D eigenvalue weighted by molar-refractivity contribution is 7.09. The van der Waals surface area contributed by atoms with Crippen molar-refractivity contribution in [3.8, 4) is 0 Å². The first kappa shape index (κ1) is 16.8. The molecule has 0 unspecified atom stereocenters. The zero-order chi connectivity index (χ0) is 15.8. The second kappa shape index (κ2) is 8.81. The highest BCUT2D eigenvalue weighted by Gasteiger charge is 2.06. The van der Waals surface area contributed by atoms with Gasteiger partial charge in [-0.2, -0.15) is 0 Å². The number of aliphatic imine (C=N–C) groups is 1. The molecule has 0 aliphatic heterocycles.